The zero-order valence-electron chi connectivity index (χ0n) is 10.5. The molecule has 1 N–H and O–H groups in total. The van der Waals surface area contributed by atoms with E-state index >= 15 is 0 Å². The van der Waals surface area contributed by atoms with Crippen LogP contribution in [0.5, 0.6) is 0 Å². The molecule has 19 heavy (non-hydrogen) atoms. The lowest BCUT2D eigenvalue weighted by atomic mass is 10.1. The average Bonchev–Trinajstić information content (AvgIpc) is 2.49. The number of hydrogen-bond donors (Lipinski definition) is 1. The van der Waals surface area contributed by atoms with Crippen molar-refractivity contribution in [2.75, 3.05) is 31.1 Å². The molecule has 2 heterocycles. The maximum atomic E-state index is 6.28. The summed E-state index contributed by atoms with van der Waals surface area (Å²) in [7, 11) is 0. The first-order valence-corrected chi connectivity index (χ1v) is 6.74. The van der Waals surface area contributed by atoms with E-state index in [0.29, 0.717) is 0 Å². The molecule has 3 rings (SSSR count). The zero-order chi connectivity index (χ0) is 13.1. The molecule has 1 aliphatic heterocycles. The van der Waals surface area contributed by atoms with E-state index in [1.54, 1.807) is 6.33 Å². The van der Waals surface area contributed by atoms with Crippen molar-refractivity contribution in [3.8, 4) is 11.3 Å². The Bertz CT molecular complexity index is 567. The van der Waals surface area contributed by atoms with Crippen LogP contribution in [0.25, 0.3) is 11.3 Å². The highest BCUT2D eigenvalue weighted by Crippen LogP contribution is 2.32. The van der Waals surface area contributed by atoms with Crippen LogP contribution in [0.15, 0.2) is 36.8 Å². The van der Waals surface area contributed by atoms with Crippen LogP contribution in [-0.2, 0) is 0 Å². The fourth-order valence-corrected chi connectivity index (χ4v) is 2.55. The van der Waals surface area contributed by atoms with Gasteiger partial charge in [0.05, 0.1) is 22.6 Å². The van der Waals surface area contributed by atoms with E-state index in [0.717, 1.165) is 48.1 Å². The Morgan fingerprint density at radius 2 is 1.95 bits per heavy atom. The monoisotopic (exact) mass is 274 g/mol. The van der Waals surface area contributed by atoms with Crippen LogP contribution < -0.4 is 10.2 Å². The van der Waals surface area contributed by atoms with Crippen molar-refractivity contribution in [3.05, 3.63) is 41.8 Å². The Morgan fingerprint density at radius 1 is 1.16 bits per heavy atom. The van der Waals surface area contributed by atoms with Crippen LogP contribution in [0.3, 0.4) is 0 Å². The van der Waals surface area contributed by atoms with Gasteiger partial charge >= 0.3 is 0 Å². The summed E-state index contributed by atoms with van der Waals surface area (Å²) in [6, 6.07) is 7.79. The van der Waals surface area contributed by atoms with Crippen molar-refractivity contribution in [2.45, 2.75) is 0 Å². The predicted octanol–water partition coefficient (Wildman–Crippen LogP) is 2.21. The van der Waals surface area contributed by atoms with Gasteiger partial charge in [0.2, 0.25) is 0 Å². The van der Waals surface area contributed by atoms with Crippen molar-refractivity contribution in [1.82, 2.24) is 15.3 Å². The Labute approximate surface area is 117 Å². The van der Waals surface area contributed by atoms with Gasteiger partial charge in [0.15, 0.2) is 0 Å². The van der Waals surface area contributed by atoms with E-state index in [-0.39, 0.29) is 0 Å². The lowest BCUT2D eigenvalue weighted by molar-refractivity contribution is 0.588. The maximum absolute atomic E-state index is 6.28. The van der Waals surface area contributed by atoms with Crippen LogP contribution in [0, 0.1) is 0 Å². The average molecular weight is 275 g/mol. The van der Waals surface area contributed by atoms with Gasteiger partial charge in [-0.1, -0.05) is 29.8 Å². The number of halogens is 1. The van der Waals surface area contributed by atoms with Crippen molar-refractivity contribution in [3.63, 3.8) is 0 Å². The smallest absolute Gasteiger partial charge is 0.116 e. The molecule has 0 saturated carbocycles. The second kappa shape index (κ2) is 5.55. The molecule has 5 heteroatoms. The number of anilines is 1. The van der Waals surface area contributed by atoms with Crippen LogP contribution in [0.2, 0.25) is 5.02 Å². The van der Waals surface area contributed by atoms with E-state index in [4.69, 9.17) is 11.6 Å². The minimum absolute atomic E-state index is 0.720. The van der Waals surface area contributed by atoms with Gasteiger partial charge in [0.25, 0.3) is 0 Å². The normalized spacial score (nSPS) is 15.5. The molecule has 0 aliphatic carbocycles. The standard InChI is InChI=1S/C14H15ClN4/c15-12-4-2-1-3-11(12)14-13(9-17-10-18-14)19-7-5-16-6-8-19/h1-4,9-10,16H,5-8H2. The number of aromatic nitrogens is 2. The molecule has 1 fully saturated rings. The van der Waals surface area contributed by atoms with Crippen molar-refractivity contribution >= 4 is 17.3 Å². The van der Waals surface area contributed by atoms with E-state index in [9.17, 15) is 0 Å². The highest BCUT2D eigenvalue weighted by Gasteiger charge is 2.17. The van der Waals surface area contributed by atoms with Gasteiger partial charge in [0.1, 0.15) is 6.33 Å². The van der Waals surface area contributed by atoms with Gasteiger partial charge in [-0.2, -0.15) is 0 Å². The third kappa shape index (κ3) is 2.55. The summed E-state index contributed by atoms with van der Waals surface area (Å²) in [6.07, 6.45) is 3.45. The molecular weight excluding hydrogens is 260 g/mol. The second-order valence-electron chi connectivity index (χ2n) is 4.47. The third-order valence-corrected chi connectivity index (χ3v) is 3.61. The molecule has 0 bridgehead atoms. The molecule has 0 radical (unpaired) electrons. The highest BCUT2D eigenvalue weighted by atomic mass is 35.5. The number of nitrogens with one attached hydrogen (secondary N) is 1. The Morgan fingerprint density at radius 3 is 2.74 bits per heavy atom. The summed E-state index contributed by atoms with van der Waals surface area (Å²) >= 11 is 6.28. The predicted molar refractivity (Wildman–Crippen MR) is 77.6 cm³/mol. The summed E-state index contributed by atoms with van der Waals surface area (Å²) in [5.41, 5.74) is 2.92. The van der Waals surface area contributed by atoms with Crippen LogP contribution >= 0.6 is 11.6 Å². The molecule has 0 unspecified atom stereocenters. The number of piperazine rings is 1. The molecule has 1 aromatic carbocycles. The minimum atomic E-state index is 0.720. The first-order valence-electron chi connectivity index (χ1n) is 6.37. The summed E-state index contributed by atoms with van der Waals surface area (Å²) in [6.45, 7) is 3.89. The van der Waals surface area contributed by atoms with Gasteiger partial charge in [-0.05, 0) is 6.07 Å². The summed E-state index contributed by atoms with van der Waals surface area (Å²) in [5, 5.41) is 4.07. The fraction of sp³-hybridized carbons (Fsp3) is 0.286. The van der Waals surface area contributed by atoms with Crippen molar-refractivity contribution < 1.29 is 0 Å². The van der Waals surface area contributed by atoms with Gasteiger partial charge in [-0.3, -0.25) is 0 Å². The molecule has 98 valence electrons. The van der Waals surface area contributed by atoms with Gasteiger partial charge < -0.3 is 10.2 Å². The topological polar surface area (TPSA) is 41.1 Å². The molecule has 1 saturated heterocycles. The number of hydrogen-bond acceptors (Lipinski definition) is 4. The number of rotatable bonds is 2. The first-order chi connectivity index (χ1) is 9.36. The SMILES string of the molecule is Clc1ccccc1-c1ncncc1N1CCNCC1. The Kier molecular flexibility index (Phi) is 3.62. The molecule has 0 spiro atoms. The van der Waals surface area contributed by atoms with Gasteiger partial charge in [0, 0.05) is 31.7 Å². The molecule has 1 aromatic heterocycles. The maximum Gasteiger partial charge on any atom is 0.116 e. The highest BCUT2D eigenvalue weighted by molar-refractivity contribution is 6.33. The summed E-state index contributed by atoms with van der Waals surface area (Å²) < 4.78 is 0. The lowest BCUT2D eigenvalue weighted by Crippen LogP contribution is -2.43. The first kappa shape index (κ1) is 12.4. The zero-order valence-corrected chi connectivity index (χ0v) is 11.3. The molecule has 0 amide bonds. The number of benzene rings is 1. The molecular formula is C14H15ClN4. The van der Waals surface area contributed by atoms with Crippen LogP contribution in [-0.4, -0.2) is 36.1 Å². The van der Waals surface area contributed by atoms with E-state index < -0.39 is 0 Å². The van der Waals surface area contributed by atoms with Gasteiger partial charge in [-0.15, -0.1) is 0 Å². The van der Waals surface area contributed by atoms with Crippen LogP contribution in [0.4, 0.5) is 5.69 Å². The van der Waals surface area contributed by atoms with E-state index in [1.807, 2.05) is 30.5 Å². The van der Waals surface area contributed by atoms with Crippen molar-refractivity contribution in [1.29, 1.82) is 0 Å². The number of nitrogens with zero attached hydrogens (tertiary/aromatic N) is 3. The van der Waals surface area contributed by atoms with Crippen LogP contribution in [0.1, 0.15) is 0 Å². The molecule has 2 aromatic rings. The fourth-order valence-electron chi connectivity index (χ4n) is 2.32. The molecule has 0 atom stereocenters. The van der Waals surface area contributed by atoms with E-state index in [2.05, 4.69) is 20.2 Å². The van der Waals surface area contributed by atoms with Gasteiger partial charge in [-0.25, -0.2) is 9.97 Å². The molecule has 1 aliphatic rings. The third-order valence-electron chi connectivity index (χ3n) is 3.28. The minimum Gasteiger partial charge on any atom is -0.366 e. The summed E-state index contributed by atoms with van der Waals surface area (Å²) in [4.78, 5) is 10.9. The lowest BCUT2D eigenvalue weighted by Gasteiger charge is -2.30. The second-order valence-corrected chi connectivity index (χ2v) is 4.88. The van der Waals surface area contributed by atoms with E-state index in [1.165, 1.54) is 0 Å². The van der Waals surface area contributed by atoms with Crippen molar-refractivity contribution in [2.24, 2.45) is 0 Å². The Balaban J connectivity index is 2.04. The quantitative estimate of drug-likeness (QED) is 0.912. The molecule has 4 nitrogen and oxygen atoms in total. The summed E-state index contributed by atoms with van der Waals surface area (Å²) in [5.74, 6) is 0. The Hall–Kier alpha value is -1.65. The largest absolute Gasteiger partial charge is 0.366 e.